The summed E-state index contributed by atoms with van der Waals surface area (Å²) in [5.74, 6) is -0.142. The van der Waals surface area contributed by atoms with Crippen LogP contribution >= 0.6 is 15.9 Å². The zero-order chi connectivity index (χ0) is 11.6. The van der Waals surface area contributed by atoms with Gasteiger partial charge in [0.25, 0.3) is 0 Å². The number of benzene rings is 1. The van der Waals surface area contributed by atoms with Gasteiger partial charge >= 0.3 is 0 Å². The van der Waals surface area contributed by atoms with Gasteiger partial charge in [-0.25, -0.2) is 4.39 Å². The van der Waals surface area contributed by atoms with E-state index in [-0.39, 0.29) is 5.82 Å². The first-order chi connectivity index (χ1) is 7.65. The molecule has 0 aromatic heterocycles. The molecular formula is C13H17BrFN. The predicted octanol–water partition coefficient (Wildman–Crippen LogP) is 3.52. The number of nitrogens with one attached hydrogen (secondary N) is 1. The second kappa shape index (κ2) is 4.84. The van der Waals surface area contributed by atoms with Crippen molar-refractivity contribution in [1.82, 2.24) is 5.32 Å². The molecule has 2 rings (SSSR count). The van der Waals surface area contributed by atoms with E-state index in [9.17, 15) is 4.39 Å². The maximum Gasteiger partial charge on any atom is 0.123 e. The molecule has 0 unspecified atom stereocenters. The van der Waals surface area contributed by atoms with E-state index >= 15 is 0 Å². The molecule has 0 radical (unpaired) electrons. The van der Waals surface area contributed by atoms with Gasteiger partial charge in [-0.1, -0.05) is 29.3 Å². The number of halogens is 2. The summed E-state index contributed by atoms with van der Waals surface area (Å²) < 4.78 is 14.2. The van der Waals surface area contributed by atoms with E-state index < -0.39 is 0 Å². The number of hydrogen-bond acceptors (Lipinski definition) is 1. The Morgan fingerprint density at radius 2 is 2.19 bits per heavy atom. The first-order valence-corrected chi connectivity index (χ1v) is 6.59. The van der Waals surface area contributed by atoms with E-state index in [1.165, 1.54) is 18.9 Å². The lowest BCUT2D eigenvalue weighted by atomic mass is 9.73. The van der Waals surface area contributed by atoms with Crippen molar-refractivity contribution in [3.8, 4) is 0 Å². The molecule has 1 aliphatic rings. The van der Waals surface area contributed by atoms with Crippen molar-refractivity contribution in [1.29, 1.82) is 0 Å². The minimum atomic E-state index is -0.142. The molecule has 1 aliphatic heterocycles. The molecule has 0 saturated carbocycles. The molecule has 1 saturated heterocycles. The summed E-state index contributed by atoms with van der Waals surface area (Å²) in [5, 5.41) is 3.33. The van der Waals surface area contributed by atoms with Crippen LogP contribution in [0.1, 0.15) is 25.3 Å². The van der Waals surface area contributed by atoms with Crippen molar-refractivity contribution in [3.63, 3.8) is 0 Å². The van der Waals surface area contributed by atoms with E-state index in [0.717, 1.165) is 29.5 Å². The normalized spacial score (nSPS) is 18.2. The summed E-state index contributed by atoms with van der Waals surface area (Å²) >= 11 is 3.50. The second-order valence-electron chi connectivity index (χ2n) is 4.77. The topological polar surface area (TPSA) is 12.0 Å². The molecular weight excluding hydrogens is 269 g/mol. The summed E-state index contributed by atoms with van der Waals surface area (Å²) in [6.07, 6.45) is 3.36. The highest BCUT2D eigenvalue weighted by atomic mass is 79.9. The molecule has 0 amide bonds. The van der Waals surface area contributed by atoms with Crippen LogP contribution < -0.4 is 5.32 Å². The average molecular weight is 286 g/mol. The van der Waals surface area contributed by atoms with Crippen molar-refractivity contribution in [2.24, 2.45) is 5.41 Å². The average Bonchev–Trinajstić information content (AvgIpc) is 2.20. The molecule has 0 bridgehead atoms. The van der Waals surface area contributed by atoms with Gasteiger partial charge in [0.1, 0.15) is 5.82 Å². The van der Waals surface area contributed by atoms with Crippen LogP contribution in [-0.2, 0) is 6.42 Å². The van der Waals surface area contributed by atoms with Gasteiger partial charge < -0.3 is 5.32 Å². The monoisotopic (exact) mass is 285 g/mol. The summed E-state index contributed by atoms with van der Waals surface area (Å²) in [6, 6.07) is 4.95. The van der Waals surface area contributed by atoms with Crippen molar-refractivity contribution < 1.29 is 4.39 Å². The molecule has 0 spiro atoms. The Balaban J connectivity index is 2.15. The van der Waals surface area contributed by atoms with Crippen LogP contribution in [0.25, 0.3) is 0 Å². The largest absolute Gasteiger partial charge is 0.316 e. The van der Waals surface area contributed by atoms with E-state index in [0.29, 0.717) is 5.41 Å². The van der Waals surface area contributed by atoms with Gasteiger partial charge in [0.2, 0.25) is 0 Å². The van der Waals surface area contributed by atoms with Crippen LogP contribution in [0.4, 0.5) is 4.39 Å². The molecule has 1 aromatic rings. The molecule has 0 atom stereocenters. The molecule has 1 N–H and O–H groups in total. The molecule has 0 aliphatic carbocycles. The highest BCUT2D eigenvalue weighted by Gasteiger charge is 2.36. The quantitative estimate of drug-likeness (QED) is 0.893. The minimum Gasteiger partial charge on any atom is -0.316 e. The van der Waals surface area contributed by atoms with E-state index in [2.05, 4.69) is 28.2 Å². The number of hydrogen-bond donors (Lipinski definition) is 1. The van der Waals surface area contributed by atoms with Crippen LogP contribution in [0.3, 0.4) is 0 Å². The van der Waals surface area contributed by atoms with Crippen LogP contribution in [0.15, 0.2) is 22.7 Å². The van der Waals surface area contributed by atoms with Crippen molar-refractivity contribution in [2.45, 2.75) is 26.2 Å². The Labute approximate surface area is 105 Å². The van der Waals surface area contributed by atoms with Crippen LogP contribution in [0.2, 0.25) is 0 Å². The SMILES string of the molecule is CCCC1(Cc2cc(F)ccc2Br)CNC1. The lowest BCUT2D eigenvalue weighted by molar-refractivity contribution is 0.150. The van der Waals surface area contributed by atoms with Crippen LogP contribution in [-0.4, -0.2) is 13.1 Å². The molecule has 16 heavy (non-hydrogen) atoms. The first-order valence-electron chi connectivity index (χ1n) is 5.80. The Morgan fingerprint density at radius 1 is 1.44 bits per heavy atom. The van der Waals surface area contributed by atoms with Gasteiger partial charge in [0.05, 0.1) is 0 Å². The Hall–Kier alpha value is -0.410. The highest BCUT2D eigenvalue weighted by Crippen LogP contribution is 2.35. The lowest BCUT2D eigenvalue weighted by Gasteiger charge is -2.43. The maximum atomic E-state index is 13.2. The zero-order valence-electron chi connectivity index (χ0n) is 9.52. The van der Waals surface area contributed by atoms with Gasteiger partial charge in [0, 0.05) is 17.6 Å². The molecule has 1 heterocycles. The maximum absolute atomic E-state index is 13.2. The Morgan fingerprint density at radius 3 is 2.75 bits per heavy atom. The standard InChI is InChI=1S/C13H17BrFN/c1-2-5-13(8-16-9-13)7-10-6-11(15)3-4-12(10)14/h3-4,6,16H,2,5,7-9H2,1H3. The third-order valence-electron chi connectivity index (χ3n) is 3.35. The van der Waals surface area contributed by atoms with Crippen molar-refractivity contribution in [2.75, 3.05) is 13.1 Å². The summed E-state index contributed by atoms with van der Waals surface area (Å²) in [7, 11) is 0. The van der Waals surface area contributed by atoms with Gasteiger partial charge in [-0.15, -0.1) is 0 Å². The van der Waals surface area contributed by atoms with Crippen LogP contribution in [0, 0.1) is 11.2 Å². The fraction of sp³-hybridized carbons (Fsp3) is 0.538. The van der Waals surface area contributed by atoms with Crippen LogP contribution in [0.5, 0.6) is 0 Å². The van der Waals surface area contributed by atoms with Gasteiger partial charge in [0.15, 0.2) is 0 Å². The van der Waals surface area contributed by atoms with E-state index in [1.54, 1.807) is 12.1 Å². The molecule has 1 fully saturated rings. The summed E-state index contributed by atoms with van der Waals surface area (Å²) in [6.45, 7) is 4.33. The minimum absolute atomic E-state index is 0.142. The number of rotatable bonds is 4. The molecule has 88 valence electrons. The first kappa shape index (κ1) is 12.1. The van der Waals surface area contributed by atoms with Gasteiger partial charge in [-0.2, -0.15) is 0 Å². The molecule has 3 heteroatoms. The fourth-order valence-corrected chi connectivity index (χ4v) is 2.87. The molecule has 1 aromatic carbocycles. The fourth-order valence-electron chi connectivity index (χ4n) is 2.48. The Bertz CT molecular complexity index is 374. The van der Waals surface area contributed by atoms with Gasteiger partial charge in [-0.3, -0.25) is 0 Å². The summed E-state index contributed by atoms with van der Waals surface area (Å²) in [4.78, 5) is 0. The highest BCUT2D eigenvalue weighted by molar-refractivity contribution is 9.10. The second-order valence-corrected chi connectivity index (χ2v) is 5.62. The predicted molar refractivity (Wildman–Crippen MR) is 68.0 cm³/mol. The smallest absolute Gasteiger partial charge is 0.123 e. The van der Waals surface area contributed by atoms with Gasteiger partial charge in [-0.05, 0) is 42.0 Å². The Kier molecular flexibility index (Phi) is 3.65. The van der Waals surface area contributed by atoms with Crippen molar-refractivity contribution in [3.05, 3.63) is 34.1 Å². The summed E-state index contributed by atoms with van der Waals surface area (Å²) in [5.41, 5.74) is 1.44. The third kappa shape index (κ3) is 2.46. The van der Waals surface area contributed by atoms with E-state index in [4.69, 9.17) is 0 Å². The zero-order valence-corrected chi connectivity index (χ0v) is 11.1. The van der Waals surface area contributed by atoms with E-state index in [1.807, 2.05) is 0 Å². The lowest BCUT2D eigenvalue weighted by Crippen LogP contribution is -2.54. The molecule has 1 nitrogen and oxygen atoms in total. The third-order valence-corrected chi connectivity index (χ3v) is 4.13. The van der Waals surface area contributed by atoms with Crippen molar-refractivity contribution >= 4 is 15.9 Å².